The number of aromatic nitrogens is 2. The lowest BCUT2D eigenvalue weighted by Gasteiger charge is -2.11. The maximum Gasteiger partial charge on any atom is 0.373 e. The fourth-order valence-corrected chi connectivity index (χ4v) is 1.67. The summed E-state index contributed by atoms with van der Waals surface area (Å²) in [5.41, 5.74) is 1.10. The quantitative estimate of drug-likeness (QED) is 0.773. The highest BCUT2D eigenvalue weighted by molar-refractivity contribution is 6.35. The van der Waals surface area contributed by atoms with Crippen molar-refractivity contribution >= 4 is 11.8 Å². The van der Waals surface area contributed by atoms with Crippen molar-refractivity contribution in [3.8, 4) is 0 Å². The number of carbonyl (C=O) groups excluding carboxylic acids is 1. The number of nitrogens with one attached hydrogen (secondary N) is 1. The van der Waals surface area contributed by atoms with Crippen LogP contribution in [-0.2, 0) is 9.59 Å². The van der Waals surface area contributed by atoms with Crippen molar-refractivity contribution in [1.29, 1.82) is 0 Å². The molecule has 2 aromatic rings. The number of benzene rings is 1. The van der Waals surface area contributed by atoms with Gasteiger partial charge in [0.2, 0.25) is 0 Å². The van der Waals surface area contributed by atoms with E-state index in [-0.39, 0.29) is 0 Å². The Morgan fingerprint density at radius 2 is 1.88 bits per heavy atom. The Labute approximate surface area is 97.1 Å². The molecule has 5 heteroatoms. The number of carboxylic acid groups (broad SMARTS) is 1. The van der Waals surface area contributed by atoms with E-state index in [0.29, 0.717) is 11.3 Å². The summed E-state index contributed by atoms with van der Waals surface area (Å²) in [5.74, 6) is -3.16. The summed E-state index contributed by atoms with van der Waals surface area (Å²) < 4.78 is 0. The Bertz CT molecular complexity index is 520. The highest BCUT2D eigenvalue weighted by Gasteiger charge is 2.28. The topological polar surface area (TPSA) is 83.0 Å². The lowest BCUT2D eigenvalue weighted by atomic mass is 9.91. The van der Waals surface area contributed by atoms with E-state index >= 15 is 0 Å². The van der Waals surface area contributed by atoms with E-state index in [4.69, 9.17) is 5.11 Å². The zero-order valence-electron chi connectivity index (χ0n) is 8.83. The SMILES string of the molecule is O=C(O)C(=O)C(c1ccccc1)c1ccn[nH]1. The van der Waals surface area contributed by atoms with Crippen LogP contribution >= 0.6 is 0 Å². The fourth-order valence-electron chi connectivity index (χ4n) is 1.67. The van der Waals surface area contributed by atoms with Crippen LogP contribution in [0.4, 0.5) is 0 Å². The molecule has 86 valence electrons. The van der Waals surface area contributed by atoms with Gasteiger partial charge in [0.1, 0.15) is 0 Å². The maximum absolute atomic E-state index is 11.7. The Hall–Kier alpha value is -2.43. The van der Waals surface area contributed by atoms with E-state index in [1.54, 1.807) is 36.4 Å². The van der Waals surface area contributed by atoms with E-state index in [1.807, 2.05) is 0 Å². The molecule has 0 aliphatic carbocycles. The lowest BCUT2D eigenvalue weighted by molar-refractivity contribution is -0.149. The molecule has 2 N–H and O–H groups in total. The molecular weight excluding hydrogens is 220 g/mol. The molecule has 0 spiro atoms. The number of rotatable bonds is 4. The first-order valence-electron chi connectivity index (χ1n) is 5.01. The summed E-state index contributed by atoms with van der Waals surface area (Å²) in [4.78, 5) is 22.5. The van der Waals surface area contributed by atoms with Gasteiger partial charge in [0.25, 0.3) is 5.78 Å². The van der Waals surface area contributed by atoms with Crippen LogP contribution in [0.15, 0.2) is 42.6 Å². The highest BCUT2D eigenvalue weighted by Crippen LogP contribution is 2.23. The first-order chi connectivity index (χ1) is 8.20. The van der Waals surface area contributed by atoms with Crippen molar-refractivity contribution in [3.05, 3.63) is 53.9 Å². The molecule has 0 saturated carbocycles. The molecular formula is C12H10N2O3. The summed E-state index contributed by atoms with van der Waals surface area (Å²) in [6, 6.07) is 10.3. The van der Waals surface area contributed by atoms with Crippen molar-refractivity contribution in [3.63, 3.8) is 0 Å². The number of carboxylic acids is 1. The summed E-state index contributed by atoms with van der Waals surface area (Å²) in [6.45, 7) is 0. The van der Waals surface area contributed by atoms with Crippen LogP contribution in [0.1, 0.15) is 17.2 Å². The van der Waals surface area contributed by atoms with Crippen molar-refractivity contribution in [2.24, 2.45) is 0 Å². The van der Waals surface area contributed by atoms with Gasteiger partial charge in [0.15, 0.2) is 0 Å². The molecule has 1 atom stereocenters. The molecule has 0 fully saturated rings. The summed E-state index contributed by atoms with van der Waals surface area (Å²) in [6.07, 6.45) is 1.49. The molecule has 1 aromatic carbocycles. The Morgan fingerprint density at radius 1 is 1.18 bits per heavy atom. The monoisotopic (exact) mass is 230 g/mol. The van der Waals surface area contributed by atoms with E-state index in [0.717, 1.165) is 0 Å². The molecule has 5 nitrogen and oxygen atoms in total. The molecule has 1 aromatic heterocycles. The number of aromatic amines is 1. The molecule has 1 unspecified atom stereocenters. The number of hydrogen-bond acceptors (Lipinski definition) is 3. The average Bonchev–Trinajstić information content (AvgIpc) is 2.84. The molecule has 2 rings (SSSR count). The molecule has 17 heavy (non-hydrogen) atoms. The van der Waals surface area contributed by atoms with Crippen LogP contribution in [0.5, 0.6) is 0 Å². The van der Waals surface area contributed by atoms with Gasteiger partial charge in [0, 0.05) is 6.20 Å². The van der Waals surface area contributed by atoms with Crippen LogP contribution < -0.4 is 0 Å². The predicted molar refractivity (Wildman–Crippen MR) is 59.5 cm³/mol. The van der Waals surface area contributed by atoms with Gasteiger partial charge in [-0.25, -0.2) is 4.79 Å². The second kappa shape index (κ2) is 4.61. The summed E-state index contributed by atoms with van der Waals surface area (Å²) in [7, 11) is 0. The number of carbonyl (C=O) groups is 2. The molecule has 0 aliphatic heterocycles. The molecule has 0 amide bonds. The summed E-state index contributed by atoms with van der Waals surface area (Å²) in [5, 5.41) is 15.2. The lowest BCUT2D eigenvalue weighted by Crippen LogP contribution is -2.23. The van der Waals surface area contributed by atoms with Crippen molar-refractivity contribution < 1.29 is 14.7 Å². The standard InChI is InChI=1S/C12H10N2O3/c15-11(12(16)17)10(9-6-7-13-14-9)8-4-2-1-3-5-8/h1-7,10H,(H,13,14)(H,16,17). The van der Waals surface area contributed by atoms with Crippen LogP contribution in [0.2, 0.25) is 0 Å². The van der Waals surface area contributed by atoms with Crippen LogP contribution in [0, 0.1) is 0 Å². The first-order valence-corrected chi connectivity index (χ1v) is 5.01. The largest absolute Gasteiger partial charge is 0.475 e. The Kier molecular flexibility index (Phi) is 3.00. The molecule has 1 heterocycles. The zero-order valence-corrected chi connectivity index (χ0v) is 8.83. The third-order valence-corrected chi connectivity index (χ3v) is 2.44. The van der Waals surface area contributed by atoms with Crippen molar-refractivity contribution in [2.75, 3.05) is 0 Å². The molecule has 0 bridgehead atoms. The minimum atomic E-state index is -1.45. The smallest absolute Gasteiger partial charge is 0.373 e. The summed E-state index contributed by atoms with van der Waals surface area (Å²) >= 11 is 0. The van der Waals surface area contributed by atoms with Gasteiger partial charge >= 0.3 is 5.97 Å². The maximum atomic E-state index is 11.7. The number of Topliss-reactive ketones (excluding diaryl/α,β-unsaturated/α-hetero) is 1. The number of H-pyrrole nitrogens is 1. The minimum Gasteiger partial charge on any atom is -0.475 e. The number of ketones is 1. The Balaban J connectivity index is 2.45. The van der Waals surface area contributed by atoms with Gasteiger partial charge in [-0.05, 0) is 11.6 Å². The van der Waals surface area contributed by atoms with Gasteiger partial charge < -0.3 is 5.11 Å². The normalized spacial score (nSPS) is 12.0. The van der Waals surface area contributed by atoms with E-state index in [2.05, 4.69) is 10.2 Å². The molecule has 0 saturated heterocycles. The van der Waals surface area contributed by atoms with E-state index in [1.165, 1.54) is 6.20 Å². The number of nitrogens with zero attached hydrogens (tertiary/aromatic N) is 1. The number of hydrogen-bond donors (Lipinski definition) is 2. The van der Waals surface area contributed by atoms with Gasteiger partial charge in [-0.2, -0.15) is 5.10 Å². The van der Waals surface area contributed by atoms with Crippen molar-refractivity contribution in [1.82, 2.24) is 10.2 Å². The van der Waals surface area contributed by atoms with Gasteiger partial charge in [0.05, 0.1) is 11.6 Å². The second-order valence-corrected chi connectivity index (χ2v) is 3.53. The second-order valence-electron chi connectivity index (χ2n) is 3.53. The average molecular weight is 230 g/mol. The van der Waals surface area contributed by atoms with Gasteiger partial charge in [-0.15, -0.1) is 0 Å². The first kappa shape index (κ1) is 11.1. The van der Waals surface area contributed by atoms with Gasteiger partial charge in [-0.1, -0.05) is 30.3 Å². The molecule has 0 radical (unpaired) electrons. The van der Waals surface area contributed by atoms with Gasteiger partial charge in [-0.3, -0.25) is 9.89 Å². The molecule has 0 aliphatic rings. The van der Waals surface area contributed by atoms with E-state index < -0.39 is 17.7 Å². The van der Waals surface area contributed by atoms with Crippen LogP contribution in [0.25, 0.3) is 0 Å². The highest BCUT2D eigenvalue weighted by atomic mass is 16.4. The van der Waals surface area contributed by atoms with Crippen LogP contribution in [-0.4, -0.2) is 27.1 Å². The fraction of sp³-hybridized carbons (Fsp3) is 0.0833. The third kappa shape index (κ3) is 2.23. The zero-order chi connectivity index (χ0) is 12.3. The minimum absolute atomic E-state index is 0.476. The number of aliphatic carboxylic acids is 1. The Morgan fingerprint density at radius 3 is 2.41 bits per heavy atom. The van der Waals surface area contributed by atoms with Crippen LogP contribution in [0.3, 0.4) is 0 Å². The predicted octanol–water partition coefficient (Wildman–Crippen LogP) is 1.20. The van der Waals surface area contributed by atoms with E-state index in [9.17, 15) is 9.59 Å². The third-order valence-electron chi connectivity index (χ3n) is 2.44. The van der Waals surface area contributed by atoms with Crippen molar-refractivity contribution in [2.45, 2.75) is 5.92 Å².